The van der Waals surface area contributed by atoms with E-state index in [1.807, 2.05) is 13.0 Å². The van der Waals surface area contributed by atoms with Crippen molar-refractivity contribution in [2.45, 2.75) is 18.7 Å². The number of carbonyl (C=O) groups is 2. The van der Waals surface area contributed by atoms with Crippen LogP contribution in [0.4, 0.5) is 21.9 Å². The molecule has 0 saturated heterocycles. The fourth-order valence-corrected chi connectivity index (χ4v) is 4.33. The maximum absolute atomic E-state index is 12.8. The molecule has 5 N–H and O–H groups in total. The van der Waals surface area contributed by atoms with Gasteiger partial charge >= 0.3 is 6.03 Å². The highest BCUT2D eigenvalue weighted by atomic mass is 32.2. The lowest BCUT2D eigenvalue weighted by molar-refractivity contribution is 0.102. The molecule has 0 aliphatic carbocycles. The SMILES string of the molecule is Cc1ccc(C)c(S(=O)(=O)Nc2cccc(C(=O)Nc3cccc(NC(N)=O)c3)c2)c1. The van der Waals surface area contributed by atoms with Crippen LogP contribution in [0.15, 0.2) is 71.6 Å². The number of rotatable bonds is 6. The van der Waals surface area contributed by atoms with Gasteiger partial charge in [0.1, 0.15) is 0 Å². The molecular formula is C22H22N4O4S. The highest BCUT2D eigenvalue weighted by Gasteiger charge is 2.18. The summed E-state index contributed by atoms with van der Waals surface area (Å²) in [5, 5.41) is 5.13. The monoisotopic (exact) mass is 438 g/mol. The second-order valence-electron chi connectivity index (χ2n) is 6.98. The zero-order valence-corrected chi connectivity index (χ0v) is 17.8. The number of hydrogen-bond acceptors (Lipinski definition) is 4. The fourth-order valence-electron chi connectivity index (χ4n) is 2.95. The lowest BCUT2D eigenvalue weighted by Crippen LogP contribution is -2.19. The quantitative estimate of drug-likeness (QED) is 0.466. The van der Waals surface area contributed by atoms with Gasteiger partial charge in [-0.1, -0.05) is 24.3 Å². The van der Waals surface area contributed by atoms with Crippen LogP contribution in [-0.2, 0) is 10.0 Å². The van der Waals surface area contributed by atoms with Crippen LogP contribution in [0.3, 0.4) is 0 Å². The third kappa shape index (κ3) is 5.61. The first kappa shape index (κ1) is 21.8. The summed E-state index contributed by atoms with van der Waals surface area (Å²) in [5.41, 5.74) is 7.94. The first-order valence-electron chi connectivity index (χ1n) is 9.32. The maximum atomic E-state index is 12.8. The van der Waals surface area contributed by atoms with Gasteiger partial charge in [-0.05, 0) is 67.4 Å². The van der Waals surface area contributed by atoms with E-state index in [2.05, 4.69) is 15.4 Å². The Labute approximate surface area is 180 Å². The van der Waals surface area contributed by atoms with Gasteiger partial charge in [-0.3, -0.25) is 9.52 Å². The van der Waals surface area contributed by atoms with E-state index >= 15 is 0 Å². The van der Waals surface area contributed by atoms with E-state index in [4.69, 9.17) is 5.73 Å². The van der Waals surface area contributed by atoms with E-state index in [0.29, 0.717) is 16.9 Å². The van der Waals surface area contributed by atoms with Crippen LogP contribution >= 0.6 is 0 Å². The van der Waals surface area contributed by atoms with E-state index in [1.54, 1.807) is 61.5 Å². The van der Waals surface area contributed by atoms with Crippen molar-refractivity contribution < 1.29 is 18.0 Å². The summed E-state index contributed by atoms with van der Waals surface area (Å²) < 4.78 is 28.2. The number of nitrogens with one attached hydrogen (secondary N) is 3. The molecular weight excluding hydrogens is 416 g/mol. The molecule has 31 heavy (non-hydrogen) atoms. The minimum Gasteiger partial charge on any atom is -0.351 e. The van der Waals surface area contributed by atoms with Crippen molar-refractivity contribution in [1.82, 2.24) is 0 Å². The van der Waals surface area contributed by atoms with E-state index in [1.165, 1.54) is 6.07 Å². The molecule has 160 valence electrons. The van der Waals surface area contributed by atoms with Gasteiger partial charge in [0.2, 0.25) is 0 Å². The van der Waals surface area contributed by atoms with Gasteiger partial charge < -0.3 is 16.4 Å². The highest BCUT2D eigenvalue weighted by molar-refractivity contribution is 7.92. The molecule has 0 aliphatic heterocycles. The molecule has 0 radical (unpaired) electrons. The van der Waals surface area contributed by atoms with Gasteiger partial charge in [-0.15, -0.1) is 0 Å². The number of benzene rings is 3. The van der Waals surface area contributed by atoms with Gasteiger partial charge in [0, 0.05) is 22.6 Å². The molecule has 3 rings (SSSR count). The maximum Gasteiger partial charge on any atom is 0.316 e. The zero-order valence-electron chi connectivity index (χ0n) is 17.0. The molecule has 0 saturated carbocycles. The predicted octanol–water partition coefficient (Wildman–Crippen LogP) is 3.85. The number of primary amides is 1. The van der Waals surface area contributed by atoms with Gasteiger partial charge in [0.25, 0.3) is 15.9 Å². The Morgan fingerprint density at radius 2 is 1.45 bits per heavy atom. The predicted molar refractivity (Wildman–Crippen MR) is 121 cm³/mol. The van der Waals surface area contributed by atoms with Crippen molar-refractivity contribution in [2.75, 3.05) is 15.4 Å². The van der Waals surface area contributed by atoms with E-state index in [0.717, 1.165) is 5.56 Å². The van der Waals surface area contributed by atoms with E-state index in [9.17, 15) is 18.0 Å². The summed E-state index contributed by atoms with van der Waals surface area (Å²) >= 11 is 0. The van der Waals surface area contributed by atoms with Crippen LogP contribution in [0, 0.1) is 13.8 Å². The number of anilines is 3. The van der Waals surface area contributed by atoms with Gasteiger partial charge in [0.15, 0.2) is 0 Å². The average Bonchev–Trinajstić information content (AvgIpc) is 2.69. The minimum absolute atomic E-state index is 0.182. The van der Waals surface area contributed by atoms with E-state index in [-0.39, 0.29) is 16.1 Å². The molecule has 0 aromatic heterocycles. The van der Waals surface area contributed by atoms with Crippen molar-refractivity contribution >= 4 is 39.0 Å². The van der Waals surface area contributed by atoms with Crippen LogP contribution in [0.5, 0.6) is 0 Å². The lowest BCUT2D eigenvalue weighted by atomic mass is 10.2. The van der Waals surface area contributed by atoms with Crippen LogP contribution in [0.2, 0.25) is 0 Å². The van der Waals surface area contributed by atoms with Crippen LogP contribution in [0.25, 0.3) is 0 Å². The first-order valence-corrected chi connectivity index (χ1v) is 10.8. The van der Waals surface area contributed by atoms with Crippen molar-refractivity contribution in [2.24, 2.45) is 5.73 Å². The summed E-state index contributed by atoms with van der Waals surface area (Å²) in [4.78, 5) is 23.8. The molecule has 0 atom stereocenters. The molecule has 8 nitrogen and oxygen atoms in total. The number of sulfonamides is 1. The molecule has 3 aromatic rings. The molecule has 0 aliphatic rings. The zero-order chi connectivity index (χ0) is 22.6. The normalized spacial score (nSPS) is 10.9. The summed E-state index contributed by atoms with van der Waals surface area (Å²) in [6.07, 6.45) is 0. The van der Waals surface area contributed by atoms with Crippen LogP contribution < -0.4 is 21.1 Å². The fraction of sp³-hybridized carbons (Fsp3) is 0.0909. The molecule has 9 heteroatoms. The standard InChI is InChI=1S/C22H22N4O4S/c1-14-9-10-15(2)20(11-14)31(29,30)26-19-8-3-5-16(12-19)21(27)24-17-6-4-7-18(13-17)25-22(23)28/h3-13,26H,1-2H3,(H,24,27)(H3,23,25,28). The Hall–Kier alpha value is -3.85. The number of nitrogens with two attached hydrogens (primary N) is 1. The van der Waals surface area contributed by atoms with Crippen LogP contribution in [-0.4, -0.2) is 20.4 Å². The first-order chi connectivity index (χ1) is 14.6. The molecule has 3 aromatic carbocycles. The van der Waals surface area contributed by atoms with Gasteiger partial charge in [-0.25, -0.2) is 13.2 Å². The number of carbonyl (C=O) groups excluding carboxylic acids is 2. The molecule has 3 amide bonds. The second kappa shape index (κ2) is 8.88. The molecule has 0 bridgehead atoms. The molecule has 0 unspecified atom stereocenters. The number of hydrogen-bond donors (Lipinski definition) is 4. The van der Waals surface area contributed by atoms with Crippen LogP contribution in [0.1, 0.15) is 21.5 Å². The second-order valence-corrected chi connectivity index (χ2v) is 8.63. The Kier molecular flexibility index (Phi) is 6.26. The lowest BCUT2D eigenvalue weighted by Gasteiger charge is -2.12. The Balaban J connectivity index is 1.79. The van der Waals surface area contributed by atoms with Gasteiger partial charge in [0.05, 0.1) is 4.90 Å². The molecule has 0 fully saturated rings. The van der Waals surface area contributed by atoms with Crippen molar-refractivity contribution in [1.29, 1.82) is 0 Å². The number of urea groups is 1. The van der Waals surface area contributed by atoms with Crippen molar-refractivity contribution in [3.63, 3.8) is 0 Å². The smallest absolute Gasteiger partial charge is 0.316 e. The Morgan fingerprint density at radius 3 is 2.16 bits per heavy atom. The Morgan fingerprint density at radius 1 is 0.806 bits per heavy atom. The largest absolute Gasteiger partial charge is 0.351 e. The average molecular weight is 439 g/mol. The highest BCUT2D eigenvalue weighted by Crippen LogP contribution is 2.22. The third-order valence-corrected chi connectivity index (χ3v) is 5.92. The topological polar surface area (TPSA) is 130 Å². The number of amides is 3. The summed E-state index contributed by atoms with van der Waals surface area (Å²) in [6, 6.07) is 17.1. The summed E-state index contributed by atoms with van der Waals surface area (Å²) in [5.74, 6) is -0.441. The number of aryl methyl sites for hydroxylation is 2. The van der Waals surface area contributed by atoms with Gasteiger partial charge in [-0.2, -0.15) is 0 Å². The molecule has 0 heterocycles. The summed E-state index contributed by atoms with van der Waals surface area (Å²) in [7, 11) is -3.82. The molecule has 0 spiro atoms. The summed E-state index contributed by atoms with van der Waals surface area (Å²) in [6.45, 7) is 3.54. The van der Waals surface area contributed by atoms with Crippen molar-refractivity contribution in [3.8, 4) is 0 Å². The van der Waals surface area contributed by atoms with E-state index < -0.39 is 22.0 Å². The minimum atomic E-state index is -3.82. The third-order valence-electron chi connectivity index (χ3n) is 4.40. The van der Waals surface area contributed by atoms with Crippen molar-refractivity contribution in [3.05, 3.63) is 83.4 Å². The Bertz CT molecular complexity index is 1260.